The van der Waals surface area contributed by atoms with Crippen LogP contribution in [-0.2, 0) is 11.3 Å². The van der Waals surface area contributed by atoms with E-state index in [0.717, 1.165) is 5.76 Å². The number of morpholine rings is 1. The summed E-state index contributed by atoms with van der Waals surface area (Å²) in [5.41, 5.74) is 6.32. The van der Waals surface area contributed by atoms with E-state index in [1.807, 2.05) is 19.1 Å². The van der Waals surface area contributed by atoms with Crippen molar-refractivity contribution in [2.75, 3.05) is 27.3 Å². The molecular weight excluding hydrogens is 434 g/mol. The molecule has 1 aliphatic rings. The van der Waals surface area contributed by atoms with Crippen LogP contribution in [0.5, 0.6) is 0 Å². The van der Waals surface area contributed by atoms with E-state index in [9.17, 15) is 0 Å². The van der Waals surface area contributed by atoms with Gasteiger partial charge >= 0.3 is 0 Å². The first-order valence-corrected chi connectivity index (χ1v) is 11.1. The van der Waals surface area contributed by atoms with Gasteiger partial charge in [-0.1, -0.05) is 0 Å². The number of nitrogens with one attached hydrogen (secondary N) is 4. The largest absolute Gasteiger partial charge is 0.458 e. The van der Waals surface area contributed by atoms with Gasteiger partial charge in [0.15, 0.2) is 10.9 Å². The van der Waals surface area contributed by atoms with Crippen molar-refractivity contribution in [1.29, 1.82) is 0 Å². The molecule has 2 heterocycles. The fourth-order valence-electron chi connectivity index (χ4n) is 3.45. The van der Waals surface area contributed by atoms with Crippen LogP contribution in [0, 0.1) is 0 Å². The summed E-state index contributed by atoms with van der Waals surface area (Å²) < 4.78 is 12.0. The molecule has 11 heteroatoms. The van der Waals surface area contributed by atoms with Gasteiger partial charge in [0.2, 0.25) is 0 Å². The smallest absolute Gasteiger partial charge is 0.186 e. The zero-order valence-corrected chi connectivity index (χ0v) is 21.1. The first-order chi connectivity index (χ1) is 14.5. The number of nitrogens with zero attached hydrogens (tertiary/aromatic N) is 3. The summed E-state index contributed by atoms with van der Waals surface area (Å²) in [5.74, 6) is 1.44. The summed E-state index contributed by atoms with van der Waals surface area (Å²) in [7, 11) is 3.51. The van der Waals surface area contributed by atoms with E-state index in [1.54, 1.807) is 14.1 Å². The molecule has 0 aromatic carbocycles. The molecule has 1 aliphatic heterocycles. The second kappa shape index (κ2) is 10.8. The molecule has 0 aliphatic carbocycles. The first kappa shape index (κ1) is 25.6. The minimum atomic E-state index is -0.321. The topological polar surface area (TPSA) is 98.5 Å². The summed E-state index contributed by atoms with van der Waals surface area (Å²) in [6.07, 6.45) is 0. The van der Waals surface area contributed by atoms with Crippen LogP contribution in [0.15, 0.2) is 26.8 Å². The molecule has 1 aromatic heterocycles. The summed E-state index contributed by atoms with van der Waals surface area (Å²) in [4.78, 5) is 2.42. The van der Waals surface area contributed by atoms with Crippen LogP contribution < -0.4 is 21.5 Å². The maximum atomic E-state index is 6.20. The summed E-state index contributed by atoms with van der Waals surface area (Å²) in [6, 6.07) is 3.88. The van der Waals surface area contributed by atoms with Crippen molar-refractivity contribution in [3.63, 3.8) is 0 Å². The molecule has 4 N–H and O–H groups in total. The van der Waals surface area contributed by atoms with Gasteiger partial charge in [-0.05, 0) is 66.0 Å². The minimum Gasteiger partial charge on any atom is -0.458 e. The summed E-state index contributed by atoms with van der Waals surface area (Å²) in [6.45, 7) is 12.6. The monoisotopic (exact) mass is 469 g/mol. The molecule has 0 radical (unpaired) electrons. The lowest BCUT2D eigenvalue weighted by Gasteiger charge is -2.52. The molecule has 1 saturated heterocycles. The first-order valence-electron chi connectivity index (χ1n) is 10.2. The number of hydrazone groups is 2. The Bertz CT molecular complexity index is 804. The lowest BCUT2D eigenvalue weighted by Crippen LogP contribution is -2.62. The maximum Gasteiger partial charge on any atom is 0.186 e. The van der Waals surface area contributed by atoms with E-state index in [1.165, 1.54) is 0 Å². The number of thiocarbonyl (C=S) groups is 1. The Morgan fingerprint density at radius 1 is 1.19 bits per heavy atom. The number of hydrogen-bond acceptors (Lipinski definition) is 9. The van der Waals surface area contributed by atoms with Crippen molar-refractivity contribution in [2.45, 2.75) is 57.7 Å². The van der Waals surface area contributed by atoms with E-state index in [-0.39, 0.29) is 16.6 Å². The molecular formula is C20H35N7O2S2. The second-order valence-electron chi connectivity index (χ2n) is 8.64. The van der Waals surface area contributed by atoms with Gasteiger partial charge in [0.05, 0.1) is 25.5 Å². The van der Waals surface area contributed by atoms with E-state index in [4.69, 9.17) is 21.4 Å². The molecule has 1 fully saturated rings. The maximum absolute atomic E-state index is 6.20. The van der Waals surface area contributed by atoms with Gasteiger partial charge in [-0.15, -0.1) is 12.6 Å². The Labute approximate surface area is 195 Å². The number of furan rings is 1. The van der Waals surface area contributed by atoms with Gasteiger partial charge in [0.1, 0.15) is 17.0 Å². The lowest BCUT2D eigenvalue weighted by atomic mass is 9.91. The number of rotatable bonds is 8. The minimum absolute atomic E-state index is 0.108. The molecule has 31 heavy (non-hydrogen) atoms. The zero-order chi connectivity index (χ0) is 23.2. The molecule has 0 amide bonds. The Morgan fingerprint density at radius 2 is 1.84 bits per heavy atom. The fourth-order valence-corrected chi connectivity index (χ4v) is 3.55. The normalized spacial score (nSPS) is 20.3. The van der Waals surface area contributed by atoms with Crippen molar-refractivity contribution in [3.05, 3.63) is 23.7 Å². The molecule has 174 valence electrons. The fraction of sp³-hybridized carbons (Fsp3) is 0.650. The van der Waals surface area contributed by atoms with E-state index in [0.29, 0.717) is 42.1 Å². The van der Waals surface area contributed by atoms with Gasteiger partial charge in [0.25, 0.3) is 0 Å². The van der Waals surface area contributed by atoms with Crippen LogP contribution in [0.4, 0.5) is 0 Å². The van der Waals surface area contributed by atoms with E-state index in [2.05, 4.69) is 76.9 Å². The zero-order valence-electron chi connectivity index (χ0n) is 19.4. The van der Waals surface area contributed by atoms with Gasteiger partial charge < -0.3 is 14.5 Å². The Hall–Kier alpha value is -1.66. The van der Waals surface area contributed by atoms with E-state index < -0.39 is 0 Å². The molecule has 0 spiro atoms. The second-order valence-corrected chi connectivity index (χ2v) is 9.56. The highest BCUT2D eigenvalue weighted by atomic mass is 32.1. The number of ether oxygens (including phenoxy) is 1. The van der Waals surface area contributed by atoms with Crippen molar-refractivity contribution < 1.29 is 9.15 Å². The standard InChI is InChI=1S/C20H35N7O2S2/c1-13(23-25-17(30)21-6)16(24-26-18(31)22-7)15-9-8-14(29-15)10-27-19(2,3)11-28-12-20(27,4)5/h8-9,18,22,26,31H,10-12H2,1-7H3,(H2,21,25,30)/b23-13+,24-16+. The van der Waals surface area contributed by atoms with Gasteiger partial charge in [-0.3, -0.25) is 21.1 Å². The summed E-state index contributed by atoms with van der Waals surface area (Å²) in [5, 5.41) is 14.9. The van der Waals surface area contributed by atoms with Crippen LogP contribution in [0.2, 0.25) is 0 Å². The van der Waals surface area contributed by atoms with Crippen LogP contribution in [0.25, 0.3) is 0 Å². The third kappa shape index (κ3) is 6.91. The average molecular weight is 470 g/mol. The highest BCUT2D eigenvalue weighted by Crippen LogP contribution is 2.32. The molecule has 0 saturated carbocycles. The van der Waals surface area contributed by atoms with Gasteiger partial charge in [-0.25, -0.2) is 0 Å². The van der Waals surface area contributed by atoms with Crippen molar-refractivity contribution >= 4 is 41.4 Å². The number of thiol groups is 1. The quantitative estimate of drug-likeness (QED) is 0.129. The lowest BCUT2D eigenvalue weighted by molar-refractivity contribution is -0.133. The molecule has 1 aromatic rings. The van der Waals surface area contributed by atoms with Crippen molar-refractivity contribution in [3.8, 4) is 0 Å². The van der Waals surface area contributed by atoms with Crippen LogP contribution >= 0.6 is 24.8 Å². The SMILES string of the molecule is CNC(=S)N/N=C(C)/C(=N\NC(S)NC)c1ccc(CN2C(C)(C)COCC2(C)C)o1. The predicted molar refractivity (Wildman–Crippen MR) is 133 cm³/mol. The Kier molecular flexibility index (Phi) is 8.90. The third-order valence-electron chi connectivity index (χ3n) is 5.05. The van der Waals surface area contributed by atoms with Gasteiger partial charge in [0, 0.05) is 18.1 Å². The highest BCUT2D eigenvalue weighted by Gasteiger charge is 2.42. The Balaban J connectivity index is 2.29. The van der Waals surface area contributed by atoms with Crippen molar-refractivity contribution in [2.24, 2.45) is 10.2 Å². The highest BCUT2D eigenvalue weighted by molar-refractivity contribution is 7.80. The van der Waals surface area contributed by atoms with Crippen molar-refractivity contribution in [1.82, 2.24) is 26.4 Å². The average Bonchev–Trinajstić information content (AvgIpc) is 3.17. The molecule has 1 unspecified atom stereocenters. The van der Waals surface area contributed by atoms with E-state index >= 15 is 0 Å². The Morgan fingerprint density at radius 3 is 2.42 bits per heavy atom. The number of hydrogen-bond donors (Lipinski definition) is 5. The van der Waals surface area contributed by atoms with Crippen LogP contribution in [0.1, 0.15) is 46.1 Å². The van der Waals surface area contributed by atoms with Crippen LogP contribution in [0.3, 0.4) is 0 Å². The third-order valence-corrected chi connectivity index (χ3v) is 5.72. The molecule has 9 nitrogen and oxygen atoms in total. The molecule has 1 atom stereocenters. The molecule has 0 bridgehead atoms. The van der Waals surface area contributed by atoms with Gasteiger partial charge in [-0.2, -0.15) is 10.2 Å². The molecule has 2 rings (SSSR count). The predicted octanol–water partition coefficient (Wildman–Crippen LogP) is 1.87. The summed E-state index contributed by atoms with van der Waals surface area (Å²) >= 11 is 9.45. The van der Waals surface area contributed by atoms with Crippen LogP contribution in [-0.4, -0.2) is 65.3 Å².